The fourth-order valence-corrected chi connectivity index (χ4v) is 6.29. The van der Waals surface area contributed by atoms with E-state index in [1.807, 2.05) is 48.5 Å². The van der Waals surface area contributed by atoms with Crippen molar-refractivity contribution in [2.45, 2.75) is 18.6 Å². The number of allylic oxidation sites excluding steroid dienone is 2. The van der Waals surface area contributed by atoms with Gasteiger partial charge in [0.1, 0.15) is 23.0 Å². The van der Waals surface area contributed by atoms with E-state index in [4.69, 9.17) is 14.2 Å². The van der Waals surface area contributed by atoms with Crippen molar-refractivity contribution in [2.24, 2.45) is 23.7 Å². The number of methoxy groups -OCH3 is 2. The first-order valence-electron chi connectivity index (χ1n) is 11.1. The van der Waals surface area contributed by atoms with Crippen molar-refractivity contribution in [1.29, 1.82) is 0 Å². The minimum absolute atomic E-state index is 0.00528. The maximum atomic E-state index is 11.6. The first-order valence-corrected chi connectivity index (χ1v) is 11.1. The number of aliphatic hydroxyl groups is 2. The molecule has 0 unspecified atom stereocenters. The second-order valence-corrected chi connectivity index (χ2v) is 9.00. The van der Waals surface area contributed by atoms with Crippen LogP contribution in [0.5, 0.6) is 23.0 Å². The normalized spacial score (nSPS) is 29.6. The standard InChI is InChI=1S/C27H26O5/c1-30-17-7-3-5-14-6-4-8-19(21(14)17)32-20-12-11-18(31-2)24-25(20)27(29)23-16-10-9-15(13-16)22(23)26(24)28/h3-12,15-16,22-23,26-29H,13H2,1-2H3/t15-,16+,22-,23+,26-,27+/m1/s1. The summed E-state index contributed by atoms with van der Waals surface area (Å²) in [5, 5.41) is 24.9. The van der Waals surface area contributed by atoms with Crippen LogP contribution in [-0.2, 0) is 0 Å². The lowest BCUT2D eigenvalue weighted by molar-refractivity contribution is -0.0232. The number of rotatable bonds is 4. The van der Waals surface area contributed by atoms with Gasteiger partial charge in [-0.2, -0.15) is 0 Å². The summed E-state index contributed by atoms with van der Waals surface area (Å²) in [6.07, 6.45) is 3.93. The molecule has 3 aromatic rings. The average Bonchev–Trinajstić information content (AvgIpc) is 3.44. The van der Waals surface area contributed by atoms with Gasteiger partial charge >= 0.3 is 0 Å². The molecule has 1 saturated carbocycles. The highest BCUT2D eigenvalue weighted by Gasteiger charge is 2.55. The third-order valence-electron chi connectivity index (χ3n) is 7.60. The van der Waals surface area contributed by atoms with Crippen molar-refractivity contribution < 1.29 is 24.4 Å². The highest BCUT2D eigenvalue weighted by molar-refractivity contribution is 5.94. The molecule has 2 bridgehead atoms. The fraction of sp³-hybridized carbons (Fsp3) is 0.333. The molecule has 0 amide bonds. The molecular weight excluding hydrogens is 404 g/mol. The van der Waals surface area contributed by atoms with E-state index in [1.54, 1.807) is 14.2 Å². The molecule has 0 saturated heterocycles. The molecule has 6 rings (SSSR count). The number of aliphatic hydroxyl groups excluding tert-OH is 2. The zero-order chi connectivity index (χ0) is 22.0. The van der Waals surface area contributed by atoms with Crippen LogP contribution in [0.4, 0.5) is 0 Å². The topological polar surface area (TPSA) is 68.2 Å². The van der Waals surface area contributed by atoms with Crippen LogP contribution in [0, 0.1) is 23.7 Å². The number of benzene rings is 3. The Bertz CT molecular complexity index is 1230. The Morgan fingerprint density at radius 3 is 1.88 bits per heavy atom. The Labute approximate surface area is 186 Å². The van der Waals surface area contributed by atoms with Gasteiger partial charge in [-0.15, -0.1) is 0 Å². The van der Waals surface area contributed by atoms with Gasteiger partial charge in [-0.3, -0.25) is 0 Å². The van der Waals surface area contributed by atoms with Crippen molar-refractivity contribution in [1.82, 2.24) is 0 Å². The van der Waals surface area contributed by atoms with Crippen molar-refractivity contribution in [3.05, 3.63) is 71.8 Å². The van der Waals surface area contributed by atoms with Gasteiger partial charge in [0.05, 0.1) is 31.8 Å². The molecule has 3 aliphatic carbocycles. The van der Waals surface area contributed by atoms with Crippen LogP contribution < -0.4 is 14.2 Å². The lowest BCUT2D eigenvalue weighted by atomic mass is 9.67. The SMILES string of the molecule is COc1ccc(Oc2cccc3cccc(OC)c23)c2c1[C@H](O)[C@H]1[C@@H]([C@@H]2O)[C@H]2C=C[C@@H]1C2. The fourth-order valence-electron chi connectivity index (χ4n) is 6.29. The van der Waals surface area contributed by atoms with E-state index in [2.05, 4.69) is 12.2 Å². The summed E-state index contributed by atoms with van der Waals surface area (Å²) in [4.78, 5) is 0. The number of ether oxygens (including phenoxy) is 3. The summed E-state index contributed by atoms with van der Waals surface area (Å²) in [5.41, 5.74) is 1.28. The number of fused-ring (bicyclic) bond motifs is 7. The summed E-state index contributed by atoms with van der Waals surface area (Å²) in [7, 11) is 3.24. The Morgan fingerprint density at radius 1 is 0.688 bits per heavy atom. The second kappa shape index (κ2) is 7.26. The van der Waals surface area contributed by atoms with Crippen molar-refractivity contribution in [3.63, 3.8) is 0 Å². The lowest BCUT2D eigenvalue weighted by Gasteiger charge is -2.42. The van der Waals surface area contributed by atoms with Crippen LogP contribution >= 0.6 is 0 Å². The van der Waals surface area contributed by atoms with E-state index in [-0.39, 0.29) is 17.8 Å². The summed E-state index contributed by atoms with van der Waals surface area (Å²) in [5.74, 6) is 3.02. The predicted molar refractivity (Wildman–Crippen MR) is 121 cm³/mol. The molecule has 5 heteroatoms. The molecule has 3 aromatic carbocycles. The van der Waals surface area contributed by atoms with Crippen LogP contribution in [0.25, 0.3) is 10.8 Å². The molecule has 0 radical (unpaired) electrons. The van der Waals surface area contributed by atoms with E-state index in [9.17, 15) is 10.2 Å². The maximum Gasteiger partial charge on any atom is 0.139 e. The first kappa shape index (κ1) is 19.6. The molecule has 0 aliphatic heterocycles. The van der Waals surface area contributed by atoms with Gasteiger partial charge in [0, 0.05) is 23.0 Å². The summed E-state index contributed by atoms with van der Waals surface area (Å²) in [6.45, 7) is 0. The van der Waals surface area contributed by atoms with E-state index < -0.39 is 12.2 Å². The predicted octanol–water partition coefficient (Wildman–Crippen LogP) is 5.17. The highest BCUT2D eigenvalue weighted by Crippen LogP contribution is 2.62. The van der Waals surface area contributed by atoms with Crippen molar-refractivity contribution in [3.8, 4) is 23.0 Å². The Balaban J connectivity index is 1.51. The van der Waals surface area contributed by atoms with Gasteiger partial charge in [-0.25, -0.2) is 0 Å². The number of hydrogen-bond acceptors (Lipinski definition) is 5. The van der Waals surface area contributed by atoms with Crippen LogP contribution in [0.15, 0.2) is 60.7 Å². The van der Waals surface area contributed by atoms with Gasteiger partial charge in [-0.1, -0.05) is 36.4 Å². The molecule has 2 N–H and O–H groups in total. The first-order chi connectivity index (χ1) is 15.6. The lowest BCUT2D eigenvalue weighted by Crippen LogP contribution is -2.36. The van der Waals surface area contributed by atoms with Gasteiger partial charge < -0.3 is 24.4 Å². The molecule has 6 atom stereocenters. The molecule has 0 heterocycles. The second-order valence-electron chi connectivity index (χ2n) is 9.00. The van der Waals surface area contributed by atoms with Gasteiger partial charge in [0.15, 0.2) is 0 Å². The largest absolute Gasteiger partial charge is 0.496 e. The smallest absolute Gasteiger partial charge is 0.139 e. The molecule has 32 heavy (non-hydrogen) atoms. The number of hydrogen-bond donors (Lipinski definition) is 2. The minimum atomic E-state index is -0.736. The molecule has 0 spiro atoms. The molecule has 1 fully saturated rings. The van der Waals surface area contributed by atoms with Gasteiger partial charge in [0.2, 0.25) is 0 Å². The third kappa shape index (κ3) is 2.64. The van der Waals surface area contributed by atoms with Crippen molar-refractivity contribution >= 4 is 10.8 Å². The quantitative estimate of drug-likeness (QED) is 0.559. The highest BCUT2D eigenvalue weighted by atomic mass is 16.5. The Hall–Kier alpha value is -3.02. The molecule has 164 valence electrons. The van der Waals surface area contributed by atoms with E-state index in [1.165, 1.54) is 0 Å². The summed E-state index contributed by atoms with van der Waals surface area (Å²) >= 11 is 0. The van der Waals surface area contributed by atoms with Crippen LogP contribution in [0.2, 0.25) is 0 Å². The zero-order valence-corrected chi connectivity index (χ0v) is 18.1. The van der Waals surface area contributed by atoms with E-state index in [0.717, 1.165) is 22.9 Å². The molecule has 0 aromatic heterocycles. The molecule has 3 aliphatic rings. The molecular formula is C27H26O5. The van der Waals surface area contributed by atoms with Crippen LogP contribution in [-0.4, -0.2) is 24.4 Å². The van der Waals surface area contributed by atoms with E-state index in [0.29, 0.717) is 34.3 Å². The third-order valence-corrected chi connectivity index (χ3v) is 7.60. The van der Waals surface area contributed by atoms with Gasteiger partial charge in [-0.05, 0) is 47.9 Å². The Kier molecular flexibility index (Phi) is 4.46. The van der Waals surface area contributed by atoms with E-state index >= 15 is 0 Å². The minimum Gasteiger partial charge on any atom is -0.496 e. The zero-order valence-electron chi connectivity index (χ0n) is 18.1. The monoisotopic (exact) mass is 430 g/mol. The summed E-state index contributed by atoms with van der Waals surface area (Å²) < 4.78 is 17.6. The van der Waals surface area contributed by atoms with Crippen molar-refractivity contribution in [2.75, 3.05) is 14.2 Å². The average molecular weight is 431 g/mol. The summed E-state index contributed by atoms with van der Waals surface area (Å²) in [6, 6.07) is 15.4. The van der Waals surface area contributed by atoms with Crippen LogP contribution in [0.3, 0.4) is 0 Å². The Morgan fingerprint density at radius 2 is 1.25 bits per heavy atom. The maximum absolute atomic E-state index is 11.6. The van der Waals surface area contributed by atoms with Gasteiger partial charge in [0.25, 0.3) is 0 Å². The molecule has 5 nitrogen and oxygen atoms in total. The van der Waals surface area contributed by atoms with Crippen LogP contribution in [0.1, 0.15) is 29.8 Å².